The topological polar surface area (TPSA) is 67.9 Å². The van der Waals surface area contributed by atoms with E-state index in [-0.39, 0.29) is 29.7 Å². The van der Waals surface area contributed by atoms with Gasteiger partial charge in [0, 0.05) is 32.2 Å². The molecule has 0 aliphatic carbocycles. The lowest BCUT2D eigenvalue weighted by Gasteiger charge is -2.31. The fourth-order valence-electron chi connectivity index (χ4n) is 3.87. The molecule has 1 aromatic carbocycles. The molecule has 0 saturated carbocycles. The van der Waals surface area contributed by atoms with Crippen molar-refractivity contribution >= 4 is 11.8 Å². The maximum atomic E-state index is 13.6. The molecule has 2 amide bonds. The number of carbonyl (C=O) groups is 2. The van der Waals surface area contributed by atoms with Gasteiger partial charge in [0.05, 0.1) is 25.7 Å². The minimum Gasteiger partial charge on any atom is -0.378 e. The first-order valence-corrected chi connectivity index (χ1v) is 10.6. The Balaban J connectivity index is 1.28. The maximum Gasteiger partial charge on any atom is 0.224 e. The Morgan fingerprint density at radius 2 is 2.00 bits per heavy atom. The van der Waals surface area contributed by atoms with Gasteiger partial charge in [-0.25, -0.2) is 4.39 Å². The smallest absolute Gasteiger partial charge is 0.224 e. The number of likely N-dealkylation sites (tertiary alicyclic amines) is 1. The van der Waals surface area contributed by atoms with Crippen molar-refractivity contribution in [2.24, 2.45) is 5.92 Å². The molecule has 2 aliphatic heterocycles. The minimum absolute atomic E-state index is 0.00617. The second kappa shape index (κ2) is 11.3. The van der Waals surface area contributed by atoms with Crippen LogP contribution in [0.15, 0.2) is 24.3 Å². The van der Waals surface area contributed by atoms with Crippen LogP contribution in [0.3, 0.4) is 0 Å². The van der Waals surface area contributed by atoms with E-state index in [4.69, 9.17) is 9.47 Å². The summed E-state index contributed by atoms with van der Waals surface area (Å²) >= 11 is 0. The van der Waals surface area contributed by atoms with Crippen molar-refractivity contribution in [3.63, 3.8) is 0 Å². The van der Waals surface area contributed by atoms with Crippen LogP contribution in [-0.2, 0) is 25.5 Å². The van der Waals surface area contributed by atoms with Crippen LogP contribution < -0.4 is 5.32 Å². The van der Waals surface area contributed by atoms with Crippen molar-refractivity contribution < 1.29 is 23.5 Å². The summed E-state index contributed by atoms with van der Waals surface area (Å²) in [7, 11) is 0. The van der Waals surface area contributed by atoms with E-state index in [1.54, 1.807) is 18.2 Å². The van der Waals surface area contributed by atoms with Crippen LogP contribution in [0.4, 0.5) is 4.39 Å². The lowest BCUT2D eigenvalue weighted by Crippen LogP contribution is -2.43. The Morgan fingerprint density at radius 3 is 2.72 bits per heavy atom. The normalized spacial score (nSPS) is 20.0. The van der Waals surface area contributed by atoms with Gasteiger partial charge >= 0.3 is 0 Å². The fraction of sp³-hybridized carbons (Fsp3) is 0.636. The van der Waals surface area contributed by atoms with Crippen molar-refractivity contribution in [2.45, 2.75) is 44.6 Å². The second-order valence-electron chi connectivity index (χ2n) is 7.75. The molecule has 0 bridgehead atoms. The number of hydrogen-bond donors (Lipinski definition) is 1. The van der Waals surface area contributed by atoms with Gasteiger partial charge in [-0.1, -0.05) is 18.2 Å². The molecule has 7 heteroatoms. The molecule has 1 aromatic rings. The third kappa shape index (κ3) is 6.78. The van der Waals surface area contributed by atoms with Gasteiger partial charge in [0.25, 0.3) is 0 Å². The van der Waals surface area contributed by atoms with E-state index in [1.807, 2.05) is 4.90 Å². The van der Waals surface area contributed by atoms with E-state index in [0.717, 1.165) is 19.4 Å². The number of piperidine rings is 1. The second-order valence-corrected chi connectivity index (χ2v) is 7.75. The number of rotatable bonds is 9. The Bertz CT molecular complexity index is 671. The average Bonchev–Trinajstić information content (AvgIpc) is 3.26. The molecule has 0 radical (unpaired) electrons. The molecule has 0 spiro atoms. The number of benzene rings is 1. The van der Waals surface area contributed by atoms with E-state index >= 15 is 0 Å². The van der Waals surface area contributed by atoms with Gasteiger partial charge < -0.3 is 19.7 Å². The van der Waals surface area contributed by atoms with E-state index in [1.165, 1.54) is 6.07 Å². The third-order valence-corrected chi connectivity index (χ3v) is 5.66. The Labute approximate surface area is 171 Å². The molecule has 1 atom stereocenters. The number of hydrogen-bond acceptors (Lipinski definition) is 4. The van der Waals surface area contributed by atoms with Crippen LogP contribution in [0.5, 0.6) is 0 Å². The number of amides is 2. The molecular weight excluding hydrogens is 375 g/mol. The van der Waals surface area contributed by atoms with Crippen molar-refractivity contribution in [2.75, 3.05) is 39.5 Å². The minimum atomic E-state index is -0.242. The molecule has 3 rings (SSSR count). The Kier molecular flexibility index (Phi) is 8.43. The molecule has 0 aromatic heterocycles. The monoisotopic (exact) mass is 406 g/mol. The number of nitrogens with zero attached hydrogens (tertiary/aromatic N) is 1. The number of ether oxygens (including phenoxy) is 2. The lowest BCUT2D eigenvalue weighted by molar-refractivity contribution is -0.136. The zero-order chi connectivity index (χ0) is 20.5. The molecule has 29 heavy (non-hydrogen) atoms. The van der Waals surface area contributed by atoms with Gasteiger partial charge in [0.2, 0.25) is 11.8 Å². The molecule has 1 unspecified atom stereocenters. The summed E-state index contributed by atoms with van der Waals surface area (Å²) in [5.41, 5.74) is 0.606. The van der Waals surface area contributed by atoms with Gasteiger partial charge in [0.15, 0.2) is 0 Å². The first kappa shape index (κ1) is 21.7. The fourth-order valence-corrected chi connectivity index (χ4v) is 3.87. The lowest BCUT2D eigenvalue weighted by atomic mass is 9.95. The van der Waals surface area contributed by atoms with Crippen LogP contribution in [-0.4, -0.2) is 62.3 Å². The van der Waals surface area contributed by atoms with Crippen molar-refractivity contribution in [3.05, 3.63) is 35.6 Å². The molecule has 2 heterocycles. The average molecular weight is 406 g/mol. The quantitative estimate of drug-likeness (QED) is 0.639. The highest BCUT2D eigenvalue weighted by Gasteiger charge is 2.27. The van der Waals surface area contributed by atoms with Crippen LogP contribution >= 0.6 is 0 Å². The Morgan fingerprint density at radius 1 is 1.21 bits per heavy atom. The molecule has 2 aliphatic rings. The summed E-state index contributed by atoms with van der Waals surface area (Å²) in [5.74, 6) is -0.257. The zero-order valence-corrected chi connectivity index (χ0v) is 16.9. The van der Waals surface area contributed by atoms with Crippen LogP contribution in [0.1, 0.15) is 37.7 Å². The molecule has 2 saturated heterocycles. The Hall–Kier alpha value is -1.99. The summed E-state index contributed by atoms with van der Waals surface area (Å²) in [6.07, 6.45) is 4.45. The van der Waals surface area contributed by atoms with Crippen molar-refractivity contribution in [3.8, 4) is 0 Å². The van der Waals surface area contributed by atoms with Gasteiger partial charge in [0.1, 0.15) is 5.82 Å². The molecule has 2 fully saturated rings. The first-order valence-electron chi connectivity index (χ1n) is 10.6. The SMILES string of the molecule is O=C(NCCc1ccccc1F)C1CCN(C(=O)CCOCC2CCCO2)CC1. The summed E-state index contributed by atoms with van der Waals surface area (Å²) in [4.78, 5) is 26.5. The first-order chi connectivity index (χ1) is 14.1. The van der Waals surface area contributed by atoms with Crippen molar-refractivity contribution in [1.29, 1.82) is 0 Å². The molecule has 1 N–H and O–H groups in total. The molecule has 6 nitrogen and oxygen atoms in total. The molecular formula is C22H31FN2O4. The number of nitrogens with one attached hydrogen (secondary N) is 1. The van der Waals surface area contributed by atoms with E-state index in [2.05, 4.69) is 5.32 Å². The molecule has 160 valence electrons. The third-order valence-electron chi connectivity index (χ3n) is 5.66. The van der Waals surface area contributed by atoms with Crippen LogP contribution in [0.2, 0.25) is 0 Å². The number of carbonyl (C=O) groups excluding carboxylic acids is 2. The largest absolute Gasteiger partial charge is 0.378 e. The summed E-state index contributed by atoms with van der Waals surface area (Å²) in [5, 5.41) is 2.90. The predicted molar refractivity (Wildman–Crippen MR) is 107 cm³/mol. The van der Waals surface area contributed by atoms with Crippen LogP contribution in [0.25, 0.3) is 0 Å². The van der Waals surface area contributed by atoms with Gasteiger partial charge in [-0.15, -0.1) is 0 Å². The zero-order valence-electron chi connectivity index (χ0n) is 16.9. The van der Waals surface area contributed by atoms with E-state index in [9.17, 15) is 14.0 Å². The summed E-state index contributed by atoms with van der Waals surface area (Å²) in [6, 6.07) is 6.61. The highest BCUT2D eigenvalue weighted by Crippen LogP contribution is 2.18. The summed E-state index contributed by atoms with van der Waals surface area (Å²) in [6.45, 7) is 3.38. The van der Waals surface area contributed by atoms with Gasteiger partial charge in [-0.2, -0.15) is 0 Å². The standard InChI is InChI=1S/C22H31FN2O4/c23-20-6-2-1-4-17(20)7-11-24-22(27)18-8-12-25(13-9-18)21(26)10-15-28-16-19-5-3-14-29-19/h1-2,4,6,18-19H,3,5,7-16H2,(H,24,27). The predicted octanol–water partition coefficient (Wildman–Crippen LogP) is 2.31. The van der Waals surface area contributed by atoms with Gasteiger partial charge in [-0.3, -0.25) is 9.59 Å². The summed E-state index contributed by atoms with van der Waals surface area (Å²) < 4.78 is 24.7. The number of halogens is 1. The van der Waals surface area contributed by atoms with Gasteiger partial charge in [-0.05, 0) is 43.7 Å². The van der Waals surface area contributed by atoms with Crippen LogP contribution in [0, 0.1) is 11.7 Å². The van der Waals surface area contributed by atoms with E-state index < -0.39 is 0 Å². The maximum absolute atomic E-state index is 13.6. The van der Waals surface area contributed by atoms with E-state index in [0.29, 0.717) is 64.1 Å². The highest BCUT2D eigenvalue weighted by molar-refractivity contribution is 5.80. The highest BCUT2D eigenvalue weighted by atomic mass is 19.1. The van der Waals surface area contributed by atoms with Crippen molar-refractivity contribution in [1.82, 2.24) is 10.2 Å².